The molecule has 0 radical (unpaired) electrons. The second-order valence-electron chi connectivity index (χ2n) is 4.03. The molecule has 0 aliphatic rings. The Morgan fingerprint density at radius 2 is 2.10 bits per heavy atom. The standard InChI is InChI=1S/C13H10F3NO2S/c1-7-6-20-11(12(18)19-2)10(7)8-5-17-4-3-9(8)13(14,15)16/h3-6H,1-2H3. The van der Waals surface area contributed by atoms with E-state index in [-0.39, 0.29) is 16.0 Å². The smallest absolute Gasteiger partial charge is 0.417 e. The van der Waals surface area contributed by atoms with Gasteiger partial charge in [0.25, 0.3) is 0 Å². The summed E-state index contributed by atoms with van der Waals surface area (Å²) >= 11 is 1.05. The summed E-state index contributed by atoms with van der Waals surface area (Å²) in [5.74, 6) is -0.657. The molecule has 3 nitrogen and oxygen atoms in total. The number of rotatable bonds is 2. The van der Waals surface area contributed by atoms with Crippen molar-refractivity contribution in [2.24, 2.45) is 0 Å². The van der Waals surface area contributed by atoms with Crippen molar-refractivity contribution >= 4 is 17.3 Å². The summed E-state index contributed by atoms with van der Waals surface area (Å²) in [4.78, 5) is 15.5. The molecule has 0 fully saturated rings. The fourth-order valence-electron chi connectivity index (χ4n) is 1.86. The van der Waals surface area contributed by atoms with E-state index < -0.39 is 17.7 Å². The van der Waals surface area contributed by atoms with Crippen molar-refractivity contribution < 1.29 is 22.7 Å². The summed E-state index contributed by atoms with van der Waals surface area (Å²) in [6, 6.07) is 0.896. The zero-order valence-electron chi connectivity index (χ0n) is 10.6. The number of methoxy groups -OCH3 is 1. The van der Waals surface area contributed by atoms with Gasteiger partial charge in [-0.15, -0.1) is 11.3 Å². The van der Waals surface area contributed by atoms with E-state index in [4.69, 9.17) is 0 Å². The minimum absolute atomic E-state index is 0.112. The number of carbonyl (C=O) groups excluding carboxylic acids is 1. The van der Waals surface area contributed by atoms with Crippen molar-refractivity contribution in [3.63, 3.8) is 0 Å². The molecule has 0 saturated carbocycles. The lowest BCUT2D eigenvalue weighted by Crippen LogP contribution is -2.09. The monoisotopic (exact) mass is 301 g/mol. The molecule has 0 aliphatic heterocycles. The molecule has 0 saturated heterocycles. The van der Waals surface area contributed by atoms with E-state index in [2.05, 4.69) is 9.72 Å². The van der Waals surface area contributed by atoms with E-state index in [1.807, 2.05) is 0 Å². The van der Waals surface area contributed by atoms with Gasteiger partial charge in [-0.2, -0.15) is 13.2 Å². The second kappa shape index (κ2) is 5.24. The van der Waals surface area contributed by atoms with Crippen LogP contribution in [0.2, 0.25) is 0 Å². The lowest BCUT2D eigenvalue weighted by molar-refractivity contribution is -0.137. The molecule has 2 aromatic heterocycles. The first-order chi connectivity index (χ1) is 9.36. The SMILES string of the molecule is COC(=O)c1scc(C)c1-c1cnccc1C(F)(F)F. The van der Waals surface area contributed by atoms with Crippen LogP contribution in [0.15, 0.2) is 23.8 Å². The third kappa shape index (κ3) is 2.53. The van der Waals surface area contributed by atoms with Crippen molar-refractivity contribution in [1.82, 2.24) is 4.98 Å². The van der Waals surface area contributed by atoms with Crippen LogP contribution < -0.4 is 0 Å². The molecule has 0 atom stereocenters. The molecule has 2 rings (SSSR count). The van der Waals surface area contributed by atoms with Gasteiger partial charge in [0.1, 0.15) is 4.88 Å². The van der Waals surface area contributed by atoms with Crippen molar-refractivity contribution in [2.45, 2.75) is 13.1 Å². The first-order valence-corrected chi connectivity index (χ1v) is 6.42. The van der Waals surface area contributed by atoms with Crippen molar-refractivity contribution in [3.8, 4) is 11.1 Å². The second-order valence-corrected chi connectivity index (χ2v) is 4.91. The van der Waals surface area contributed by atoms with Gasteiger partial charge in [0, 0.05) is 23.5 Å². The molecule has 106 valence electrons. The predicted octanol–water partition coefficient (Wildman–Crippen LogP) is 3.92. The molecule has 0 bridgehead atoms. The van der Waals surface area contributed by atoms with Gasteiger partial charge < -0.3 is 4.74 Å². The Morgan fingerprint density at radius 1 is 1.40 bits per heavy atom. The van der Waals surface area contributed by atoms with Crippen LogP contribution in [0, 0.1) is 6.92 Å². The van der Waals surface area contributed by atoms with Gasteiger partial charge in [0.15, 0.2) is 0 Å². The average Bonchev–Trinajstić information content (AvgIpc) is 2.78. The Morgan fingerprint density at radius 3 is 2.70 bits per heavy atom. The van der Waals surface area contributed by atoms with E-state index in [0.717, 1.165) is 29.8 Å². The highest BCUT2D eigenvalue weighted by Crippen LogP contribution is 2.40. The number of nitrogens with zero attached hydrogens (tertiary/aromatic N) is 1. The first kappa shape index (κ1) is 14.5. The topological polar surface area (TPSA) is 39.2 Å². The third-order valence-corrected chi connectivity index (χ3v) is 3.82. The number of esters is 1. The summed E-state index contributed by atoms with van der Waals surface area (Å²) in [6.07, 6.45) is -2.32. The number of carbonyl (C=O) groups is 1. The van der Waals surface area contributed by atoms with Crippen LogP contribution in [-0.2, 0) is 10.9 Å². The van der Waals surface area contributed by atoms with Crippen LogP contribution in [0.4, 0.5) is 13.2 Å². The fourth-order valence-corrected chi connectivity index (χ4v) is 2.84. The van der Waals surface area contributed by atoms with Gasteiger partial charge >= 0.3 is 12.1 Å². The molecule has 2 heterocycles. The van der Waals surface area contributed by atoms with E-state index in [1.165, 1.54) is 7.11 Å². The Bertz CT molecular complexity index is 649. The summed E-state index contributed by atoms with van der Waals surface area (Å²) in [5, 5.41) is 1.62. The zero-order chi connectivity index (χ0) is 14.9. The van der Waals surface area contributed by atoms with Gasteiger partial charge in [0.2, 0.25) is 0 Å². The normalized spacial score (nSPS) is 11.4. The molecule has 2 aromatic rings. The number of aryl methyl sites for hydroxylation is 1. The highest BCUT2D eigenvalue weighted by atomic mass is 32.1. The number of hydrogen-bond donors (Lipinski definition) is 0. The van der Waals surface area contributed by atoms with Crippen molar-refractivity contribution in [2.75, 3.05) is 7.11 Å². The largest absolute Gasteiger partial charge is 0.465 e. The van der Waals surface area contributed by atoms with Gasteiger partial charge in [-0.05, 0) is 23.9 Å². The van der Waals surface area contributed by atoms with Gasteiger partial charge in [-0.3, -0.25) is 4.98 Å². The maximum atomic E-state index is 13.0. The van der Waals surface area contributed by atoms with E-state index in [0.29, 0.717) is 5.56 Å². The van der Waals surface area contributed by atoms with E-state index >= 15 is 0 Å². The predicted molar refractivity (Wildman–Crippen MR) is 68.6 cm³/mol. The molecule has 7 heteroatoms. The van der Waals surface area contributed by atoms with Crippen LogP contribution >= 0.6 is 11.3 Å². The quantitative estimate of drug-likeness (QED) is 0.789. The van der Waals surface area contributed by atoms with Crippen molar-refractivity contribution in [1.29, 1.82) is 0 Å². The highest BCUT2D eigenvalue weighted by Gasteiger charge is 2.35. The molecular weight excluding hydrogens is 291 g/mol. The number of aromatic nitrogens is 1. The number of pyridine rings is 1. The molecule has 0 amide bonds. The molecule has 0 aromatic carbocycles. The number of ether oxygens (including phenoxy) is 1. The number of alkyl halides is 3. The van der Waals surface area contributed by atoms with Crippen LogP contribution in [0.3, 0.4) is 0 Å². The zero-order valence-corrected chi connectivity index (χ0v) is 11.4. The molecule has 0 N–H and O–H groups in total. The Hall–Kier alpha value is -1.89. The molecular formula is C13H10F3NO2S. The lowest BCUT2D eigenvalue weighted by atomic mass is 9.99. The first-order valence-electron chi connectivity index (χ1n) is 5.54. The number of halogens is 3. The lowest BCUT2D eigenvalue weighted by Gasteiger charge is -2.13. The third-order valence-electron chi connectivity index (χ3n) is 2.74. The molecule has 0 unspecified atom stereocenters. The van der Waals surface area contributed by atoms with E-state index in [9.17, 15) is 18.0 Å². The van der Waals surface area contributed by atoms with Crippen LogP contribution in [0.1, 0.15) is 20.8 Å². The Labute approximate surface area is 117 Å². The molecule has 0 spiro atoms. The van der Waals surface area contributed by atoms with Gasteiger partial charge in [-0.1, -0.05) is 0 Å². The van der Waals surface area contributed by atoms with Crippen LogP contribution in [-0.4, -0.2) is 18.1 Å². The minimum Gasteiger partial charge on any atom is -0.465 e. The molecule has 20 heavy (non-hydrogen) atoms. The summed E-state index contributed by atoms with van der Waals surface area (Å²) < 4.78 is 43.7. The van der Waals surface area contributed by atoms with E-state index in [1.54, 1.807) is 12.3 Å². The fraction of sp³-hybridized carbons (Fsp3) is 0.231. The summed E-state index contributed by atoms with van der Waals surface area (Å²) in [6.45, 7) is 1.64. The van der Waals surface area contributed by atoms with Crippen LogP contribution in [0.25, 0.3) is 11.1 Å². The maximum Gasteiger partial charge on any atom is 0.417 e. The summed E-state index contributed by atoms with van der Waals surface area (Å²) in [5.41, 5.74) is -0.130. The Kier molecular flexibility index (Phi) is 3.80. The van der Waals surface area contributed by atoms with Crippen LogP contribution in [0.5, 0.6) is 0 Å². The Balaban J connectivity index is 2.70. The van der Waals surface area contributed by atoms with Gasteiger partial charge in [-0.25, -0.2) is 4.79 Å². The summed E-state index contributed by atoms with van der Waals surface area (Å²) in [7, 11) is 1.19. The number of thiophene rings is 1. The average molecular weight is 301 g/mol. The van der Waals surface area contributed by atoms with Gasteiger partial charge in [0.05, 0.1) is 12.7 Å². The number of hydrogen-bond acceptors (Lipinski definition) is 4. The highest BCUT2D eigenvalue weighted by molar-refractivity contribution is 7.12. The minimum atomic E-state index is -4.51. The molecule has 0 aliphatic carbocycles. The van der Waals surface area contributed by atoms with Crippen molar-refractivity contribution in [3.05, 3.63) is 39.8 Å². The maximum absolute atomic E-state index is 13.0.